The Labute approximate surface area is 186 Å². The summed E-state index contributed by atoms with van der Waals surface area (Å²) in [4.78, 5) is 13.7. The number of aliphatic imine (C=N–C) groups is 1. The molecule has 7 nitrogen and oxygen atoms in total. The molecule has 1 atom stereocenters. The molecule has 0 aliphatic carbocycles. The van der Waals surface area contributed by atoms with Crippen LogP contribution in [0.15, 0.2) is 51.9 Å². The largest absolute Gasteiger partial charge is 0.423 e. The highest BCUT2D eigenvalue weighted by atomic mass is 35.5. The molecule has 1 aliphatic heterocycles. The summed E-state index contributed by atoms with van der Waals surface area (Å²) in [6, 6.07) is 14.1. The molecule has 8 heteroatoms. The van der Waals surface area contributed by atoms with Crippen molar-refractivity contribution in [1.82, 2.24) is 15.2 Å². The lowest BCUT2D eigenvalue weighted by atomic mass is 10.00. The second-order valence-corrected chi connectivity index (χ2v) is 8.45. The molecule has 1 aromatic heterocycles. The van der Waals surface area contributed by atoms with E-state index in [1.807, 2.05) is 43.3 Å². The molecule has 0 amide bonds. The molecule has 0 radical (unpaired) electrons. The Bertz CT molecular complexity index is 1150. The third kappa shape index (κ3) is 4.44. The summed E-state index contributed by atoms with van der Waals surface area (Å²) < 4.78 is 5.98. The Morgan fingerprint density at radius 2 is 2.10 bits per heavy atom. The summed E-state index contributed by atoms with van der Waals surface area (Å²) in [7, 11) is 0. The number of nitriles is 1. The van der Waals surface area contributed by atoms with Crippen LogP contribution in [0.2, 0.25) is 5.02 Å². The fourth-order valence-corrected chi connectivity index (χ4v) is 4.02. The van der Waals surface area contributed by atoms with Gasteiger partial charge >= 0.3 is 0 Å². The van der Waals surface area contributed by atoms with Crippen molar-refractivity contribution >= 4 is 40.4 Å². The lowest BCUT2D eigenvalue weighted by Crippen LogP contribution is -2.59. The zero-order valence-corrected chi connectivity index (χ0v) is 18.6. The van der Waals surface area contributed by atoms with Crippen LogP contribution in [0.4, 0.5) is 11.7 Å². The lowest BCUT2D eigenvalue weighted by Gasteiger charge is -2.43. The fraction of sp³-hybridized carbons (Fsp3) is 0.348. The van der Waals surface area contributed by atoms with E-state index < -0.39 is 0 Å². The Morgan fingerprint density at radius 1 is 1.29 bits per heavy atom. The molecule has 1 N–H and O–H groups in total. The van der Waals surface area contributed by atoms with E-state index in [2.05, 4.69) is 40.1 Å². The first kappa shape index (κ1) is 21.0. The van der Waals surface area contributed by atoms with E-state index in [1.165, 1.54) is 0 Å². The molecule has 2 heterocycles. The minimum Gasteiger partial charge on any atom is -0.423 e. The second kappa shape index (κ2) is 8.86. The molecule has 0 bridgehead atoms. The molecule has 4 rings (SSSR count). The Morgan fingerprint density at radius 3 is 2.84 bits per heavy atom. The number of halogens is 1. The minimum atomic E-state index is 0.121. The highest BCUT2D eigenvalue weighted by Gasteiger charge is 2.33. The van der Waals surface area contributed by atoms with Crippen molar-refractivity contribution in [3.05, 3.63) is 53.1 Å². The van der Waals surface area contributed by atoms with Crippen molar-refractivity contribution in [2.24, 2.45) is 10.9 Å². The summed E-state index contributed by atoms with van der Waals surface area (Å²) in [6.07, 6.45) is 2.05. The number of piperazine rings is 1. The number of nitrogens with one attached hydrogen (secondary N) is 1. The number of benzene rings is 2. The predicted octanol–water partition coefficient (Wildman–Crippen LogP) is 4.69. The Hall–Kier alpha value is -3.24. The van der Waals surface area contributed by atoms with Gasteiger partial charge in [0.05, 0.1) is 11.7 Å². The summed E-state index contributed by atoms with van der Waals surface area (Å²) in [6.45, 7) is 8.44. The number of hydrogen-bond donors (Lipinski definition) is 1. The third-order valence-electron chi connectivity index (χ3n) is 5.58. The number of guanidine groups is 1. The molecule has 1 fully saturated rings. The van der Waals surface area contributed by atoms with Gasteiger partial charge in [0.15, 0.2) is 11.8 Å². The molecule has 2 aromatic carbocycles. The smallest absolute Gasteiger partial charge is 0.298 e. The standard InChI is InChI=1S/C23H25ClN6O/c1-15(2)20-13-29(23-28-19-9-8-17(24)12-21(19)31-23)10-11-30(20)22(26-14-25)27-18-7-5-4-6-16(18)3/h4-9,12,15,20H,10-11,13H2,1-3H3,(H,26,27). The highest BCUT2D eigenvalue weighted by molar-refractivity contribution is 6.31. The van der Waals surface area contributed by atoms with E-state index >= 15 is 0 Å². The maximum Gasteiger partial charge on any atom is 0.298 e. The number of aromatic nitrogens is 1. The monoisotopic (exact) mass is 436 g/mol. The van der Waals surface area contributed by atoms with Crippen molar-refractivity contribution in [3.63, 3.8) is 0 Å². The number of nitrogens with zero attached hydrogens (tertiary/aromatic N) is 5. The summed E-state index contributed by atoms with van der Waals surface area (Å²) >= 11 is 6.09. The van der Waals surface area contributed by atoms with Crippen LogP contribution >= 0.6 is 11.6 Å². The third-order valence-corrected chi connectivity index (χ3v) is 5.81. The van der Waals surface area contributed by atoms with Crippen LogP contribution < -0.4 is 10.2 Å². The lowest BCUT2D eigenvalue weighted by molar-refractivity contribution is 0.216. The molecule has 1 unspecified atom stereocenters. The van der Waals surface area contributed by atoms with Gasteiger partial charge in [-0.2, -0.15) is 10.2 Å². The number of hydrogen-bond acceptors (Lipinski definition) is 5. The first-order valence-electron chi connectivity index (χ1n) is 10.3. The summed E-state index contributed by atoms with van der Waals surface area (Å²) in [5.74, 6) is 0.892. The molecular formula is C23H25ClN6O. The number of para-hydroxylation sites is 1. The van der Waals surface area contributed by atoms with Gasteiger partial charge in [-0.05, 0) is 36.6 Å². The van der Waals surface area contributed by atoms with Crippen molar-refractivity contribution in [2.45, 2.75) is 26.8 Å². The average Bonchev–Trinajstić information content (AvgIpc) is 3.17. The van der Waals surface area contributed by atoms with E-state index in [0.29, 0.717) is 48.1 Å². The molecule has 0 spiro atoms. The van der Waals surface area contributed by atoms with Gasteiger partial charge in [0.25, 0.3) is 6.01 Å². The van der Waals surface area contributed by atoms with Gasteiger partial charge < -0.3 is 14.2 Å². The minimum absolute atomic E-state index is 0.121. The van der Waals surface area contributed by atoms with Gasteiger partial charge in [0.1, 0.15) is 5.52 Å². The van der Waals surface area contributed by atoms with Crippen molar-refractivity contribution in [1.29, 1.82) is 5.26 Å². The molecule has 31 heavy (non-hydrogen) atoms. The van der Waals surface area contributed by atoms with Crippen LogP contribution in [0.3, 0.4) is 0 Å². The number of anilines is 1. The zero-order chi connectivity index (χ0) is 22.0. The SMILES string of the molecule is Cc1ccccc1N=C(NC#N)N1CCN(c2nc3ccc(Cl)cc3o2)CC1C(C)C. The van der Waals surface area contributed by atoms with E-state index in [0.717, 1.165) is 16.8 Å². The maximum atomic E-state index is 9.36. The molecular weight excluding hydrogens is 412 g/mol. The maximum absolute atomic E-state index is 9.36. The van der Waals surface area contributed by atoms with Gasteiger partial charge in [0, 0.05) is 30.7 Å². The number of aryl methyl sites for hydroxylation is 1. The number of fused-ring (bicyclic) bond motifs is 1. The first-order valence-corrected chi connectivity index (χ1v) is 10.7. The Balaban J connectivity index is 1.62. The highest BCUT2D eigenvalue weighted by Crippen LogP contribution is 2.28. The first-order chi connectivity index (χ1) is 15.0. The zero-order valence-electron chi connectivity index (χ0n) is 17.8. The van der Waals surface area contributed by atoms with E-state index in [4.69, 9.17) is 21.0 Å². The van der Waals surface area contributed by atoms with Gasteiger partial charge in [-0.1, -0.05) is 43.6 Å². The summed E-state index contributed by atoms with van der Waals surface area (Å²) in [5, 5.41) is 12.8. The molecule has 160 valence electrons. The van der Waals surface area contributed by atoms with Crippen LogP contribution in [0, 0.1) is 24.3 Å². The molecule has 0 saturated carbocycles. The number of oxazole rings is 1. The number of rotatable bonds is 3. The fourth-order valence-electron chi connectivity index (χ4n) is 3.86. The van der Waals surface area contributed by atoms with Crippen molar-refractivity contribution < 1.29 is 4.42 Å². The Kier molecular flexibility index (Phi) is 6.01. The van der Waals surface area contributed by atoms with Crippen molar-refractivity contribution in [3.8, 4) is 6.19 Å². The van der Waals surface area contributed by atoms with E-state index in [9.17, 15) is 5.26 Å². The van der Waals surface area contributed by atoms with Crippen LogP contribution in [0.5, 0.6) is 0 Å². The van der Waals surface area contributed by atoms with E-state index in [-0.39, 0.29) is 6.04 Å². The van der Waals surface area contributed by atoms with Gasteiger partial charge in [-0.25, -0.2) is 4.99 Å². The predicted molar refractivity (Wildman–Crippen MR) is 124 cm³/mol. The van der Waals surface area contributed by atoms with Crippen LogP contribution in [0.1, 0.15) is 19.4 Å². The normalized spacial score (nSPS) is 17.3. The van der Waals surface area contributed by atoms with Crippen LogP contribution in [0.25, 0.3) is 11.1 Å². The van der Waals surface area contributed by atoms with E-state index in [1.54, 1.807) is 6.07 Å². The van der Waals surface area contributed by atoms with Gasteiger partial charge in [-0.3, -0.25) is 5.32 Å². The quantitative estimate of drug-likeness (QED) is 0.277. The molecule has 3 aromatic rings. The van der Waals surface area contributed by atoms with Gasteiger partial charge in [-0.15, -0.1) is 0 Å². The second-order valence-electron chi connectivity index (χ2n) is 8.02. The van der Waals surface area contributed by atoms with Crippen LogP contribution in [-0.4, -0.2) is 41.5 Å². The topological polar surface area (TPSA) is 80.7 Å². The van der Waals surface area contributed by atoms with Crippen molar-refractivity contribution in [2.75, 3.05) is 24.5 Å². The molecule has 1 saturated heterocycles. The van der Waals surface area contributed by atoms with Gasteiger partial charge in [0.2, 0.25) is 5.96 Å². The summed E-state index contributed by atoms with van der Waals surface area (Å²) in [5.41, 5.74) is 3.38. The molecule has 1 aliphatic rings. The van der Waals surface area contributed by atoms with Crippen LogP contribution in [-0.2, 0) is 0 Å². The average molecular weight is 437 g/mol.